The SMILES string of the molecule is CC(C)CN(Cc1ccccn1)Cc1sc(N(C)C)nc1Cl. The van der Waals surface area contributed by atoms with E-state index in [0.717, 1.165) is 35.3 Å². The Bertz CT molecular complexity index is 583. The van der Waals surface area contributed by atoms with E-state index in [9.17, 15) is 0 Å². The van der Waals surface area contributed by atoms with E-state index < -0.39 is 0 Å². The van der Waals surface area contributed by atoms with E-state index in [0.29, 0.717) is 11.1 Å². The van der Waals surface area contributed by atoms with Crippen molar-refractivity contribution in [2.24, 2.45) is 5.92 Å². The normalized spacial score (nSPS) is 11.4. The van der Waals surface area contributed by atoms with Crippen molar-refractivity contribution in [2.75, 3.05) is 25.5 Å². The van der Waals surface area contributed by atoms with Gasteiger partial charge in [-0.25, -0.2) is 4.98 Å². The molecule has 0 aliphatic carbocycles. The van der Waals surface area contributed by atoms with Gasteiger partial charge < -0.3 is 4.90 Å². The Morgan fingerprint density at radius 1 is 1.23 bits per heavy atom. The van der Waals surface area contributed by atoms with Gasteiger partial charge in [-0.15, -0.1) is 0 Å². The molecule has 0 aromatic carbocycles. The van der Waals surface area contributed by atoms with Crippen molar-refractivity contribution in [1.82, 2.24) is 14.9 Å². The Kier molecular flexibility index (Phi) is 6.17. The molecule has 0 radical (unpaired) electrons. The molecule has 0 aliphatic rings. The van der Waals surface area contributed by atoms with Crippen LogP contribution < -0.4 is 4.90 Å². The number of thiazole rings is 1. The zero-order chi connectivity index (χ0) is 16.1. The van der Waals surface area contributed by atoms with Gasteiger partial charge in [-0.05, 0) is 18.1 Å². The summed E-state index contributed by atoms with van der Waals surface area (Å²) >= 11 is 7.96. The zero-order valence-corrected chi connectivity index (χ0v) is 15.2. The first kappa shape index (κ1) is 17.2. The molecule has 2 aromatic heterocycles. The summed E-state index contributed by atoms with van der Waals surface area (Å²) in [5.74, 6) is 0.587. The van der Waals surface area contributed by atoms with Crippen molar-refractivity contribution in [3.63, 3.8) is 0 Å². The molecule has 4 nitrogen and oxygen atoms in total. The molecule has 22 heavy (non-hydrogen) atoms. The van der Waals surface area contributed by atoms with Gasteiger partial charge in [0.25, 0.3) is 0 Å². The zero-order valence-electron chi connectivity index (χ0n) is 13.6. The van der Waals surface area contributed by atoms with E-state index in [-0.39, 0.29) is 0 Å². The number of hydrogen-bond donors (Lipinski definition) is 0. The second kappa shape index (κ2) is 7.90. The second-order valence-electron chi connectivity index (χ2n) is 5.99. The van der Waals surface area contributed by atoms with E-state index in [1.54, 1.807) is 11.3 Å². The molecule has 0 amide bonds. The monoisotopic (exact) mass is 338 g/mol. The quantitative estimate of drug-likeness (QED) is 0.766. The van der Waals surface area contributed by atoms with Crippen LogP contribution in [0.5, 0.6) is 0 Å². The summed E-state index contributed by atoms with van der Waals surface area (Å²) in [6, 6.07) is 6.03. The van der Waals surface area contributed by atoms with Gasteiger partial charge in [0.2, 0.25) is 0 Å². The van der Waals surface area contributed by atoms with Crippen molar-refractivity contribution in [3.05, 3.63) is 40.1 Å². The molecule has 6 heteroatoms. The van der Waals surface area contributed by atoms with Crippen LogP contribution in [0.1, 0.15) is 24.4 Å². The summed E-state index contributed by atoms with van der Waals surface area (Å²) in [6.07, 6.45) is 1.84. The highest BCUT2D eigenvalue weighted by Gasteiger charge is 2.16. The number of pyridine rings is 1. The minimum Gasteiger partial charge on any atom is -0.354 e. The third-order valence-electron chi connectivity index (χ3n) is 3.12. The van der Waals surface area contributed by atoms with Crippen LogP contribution in [0.2, 0.25) is 5.15 Å². The largest absolute Gasteiger partial charge is 0.354 e. The summed E-state index contributed by atoms with van der Waals surface area (Å²) in [6.45, 7) is 7.08. The fraction of sp³-hybridized carbons (Fsp3) is 0.500. The third-order valence-corrected chi connectivity index (χ3v) is 4.76. The minimum absolute atomic E-state index is 0.587. The highest BCUT2D eigenvalue weighted by molar-refractivity contribution is 7.16. The van der Waals surface area contributed by atoms with Gasteiger partial charge in [-0.2, -0.15) is 0 Å². The molecule has 0 unspecified atom stereocenters. The van der Waals surface area contributed by atoms with Crippen molar-refractivity contribution >= 4 is 28.1 Å². The standard InChI is InChI=1S/C16H23ClN4S/c1-12(2)9-21(10-13-7-5-6-8-18-13)11-14-15(17)19-16(22-14)20(3)4/h5-8,12H,9-11H2,1-4H3. The van der Waals surface area contributed by atoms with Crippen molar-refractivity contribution in [2.45, 2.75) is 26.9 Å². The van der Waals surface area contributed by atoms with E-state index >= 15 is 0 Å². The Labute approximate surface area is 141 Å². The van der Waals surface area contributed by atoms with Crippen molar-refractivity contribution < 1.29 is 0 Å². The van der Waals surface area contributed by atoms with Crippen LogP contribution in [-0.2, 0) is 13.1 Å². The molecule has 2 rings (SSSR count). The van der Waals surface area contributed by atoms with Gasteiger partial charge in [-0.1, -0.05) is 42.9 Å². The molecule has 0 spiro atoms. The number of aromatic nitrogens is 2. The fourth-order valence-electron chi connectivity index (χ4n) is 2.24. The van der Waals surface area contributed by atoms with Crippen LogP contribution in [0.3, 0.4) is 0 Å². The van der Waals surface area contributed by atoms with Gasteiger partial charge in [-0.3, -0.25) is 9.88 Å². The molecule has 0 saturated heterocycles. The Morgan fingerprint density at radius 3 is 2.55 bits per heavy atom. The average Bonchev–Trinajstić information content (AvgIpc) is 2.81. The summed E-state index contributed by atoms with van der Waals surface area (Å²) in [7, 11) is 3.97. The number of nitrogens with zero attached hydrogens (tertiary/aromatic N) is 4. The molecule has 2 aromatic rings. The summed E-state index contributed by atoms with van der Waals surface area (Å²) < 4.78 is 0. The number of rotatable bonds is 7. The fourth-order valence-corrected chi connectivity index (χ4v) is 3.46. The van der Waals surface area contributed by atoms with Crippen LogP contribution in [0.4, 0.5) is 5.13 Å². The smallest absolute Gasteiger partial charge is 0.186 e. The maximum absolute atomic E-state index is 6.30. The van der Waals surface area contributed by atoms with Crippen LogP contribution in [0.15, 0.2) is 24.4 Å². The maximum Gasteiger partial charge on any atom is 0.186 e. The molecule has 0 atom stereocenters. The van der Waals surface area contributed by atoms with E-state index in [2.05, 4.69) is 34.8 Å². The minimum atomic E-state index is 0.587. The third kappa shape index (κ3) is 4.93. The van der Waals surface area contributed by atoms with E-state index in [4.69, 9.17) is 11.6 Å². The van der Waals surface area contributed by atoms with Gasteiger partial charge in [0.15, 0.2) is 5.13 Å². The van der Waals surface area contributed by atoms with Crippen LogP contribution in [0, 0.1) is 5.92 Å². The molecule has 2 heterocycles. The molecular formula is C16H23ClN4S. The van der Waals surface area contributed by atoms with Crippen LogP contribution >= 0.6 is 22.9 Å². The molecule has 0 N–H and O–H groups in total. The van der Waals surface area contributed by atoms with Crippen LogP contribution in [-0.4, -0.2) is 35.5 Å². The molecule has 0 saturated carbocycles. The predicted molar refractivity (Wildman–Crippen MR) is 94.6 cm³/mol. The summed E-state index contributed by atoms with van der Waals surface area (Å²) in [5, 5.41) is 1.56. The van der Waals surface area contributed by atoms with E-state index in [1.807, 2.05) is 37.3 Å². The number of hydrogen-bond acceptors (Lipinski definition) is 5. The van der Waals surface area contributed by atoms with Gasteiger partial charge >= 0.3 is 0 Å². The first-order valence-electron chi connectivity index (χ1n) is 7.40. The van der Waals surface area contributed by atoms with Crippen LogP contribution in [0.25, 0.3) is 0 Å². The first-order chi connectivity index (χ1) is 10.5. The topological polar surface area (TPSA) is 32.3 Å². The van der Waals surface area contributed by atoms with Crippen molar-refractivity contribution in [1.29, 1.82) is 0 Å². The Balaban J connectivity index is 2.12. The lowest BCUT2D eigenvalue weighted by atomic mass is 10.2. The van der Waals surface area contributed by atoms with Crippen molar-refractivity contribution in [3.8, 4) is 0 Å². The maximum atomic E-state index is 6.30. The highest BCUT2D eigenvalue weighted by atomic mass is 35.5. The highest BCUT2D eigenvalue weighted by Crippen LogP contribution is 2.30. The first-order valence-corrected chi connectivity index (χ1v) is 8.60. The number of halogens is 1. The lowest BCUT2D eigenvalue weighted by Crippen LogP contribution is -2.27. The van der Waals surface area contributed by atoms with E-state index in [1.165, 1.54) is 0 Å². The predicted octanol–water partition coefficient (Wildman–Crippen LogP) is 3.92. The summed E-state index contributed by atoms with van der Waals surface area (Å²) in [5.41, 5.74) is 1.08. The molecule has 0 fully saturated rings. The van der Waals surface area contributed by atoms with Gasteiger partial charge in [0.1, 0.15) is 5.15 Å². The molecule has 0 bridgehead atoms. The van der Waals surface area contributed by atoms with Gasteiger partial charge in [0.05, 0.1) is 10.6 Å². The Hall–Kier alpha value is -1.17. The molecule has 120 valence electrons. The lowest BCUT2D eigenvalue weighted by molar-refractivity contribution is 0.227. The Morgan fingerprint density at radius 2 is 2.00 bits per heavy atom. The summed E-state index contributed by atoms with van der Waals surface area (Å²) in [4.78, 5) is 14.3. The molecular weight excluding hydrogens is 316 g/mol. The number of anilines is 1. The second-order valence-corrected chi connectivity index (χ2v) is 7.41. The van der Waals surface area contributed by atoms with Gasteiger partial charge in [0, 0.05) is 39.9 Å². The average molecular weight is 339 g/mol. The lowest BCUT2D eigenvalue weighted by Gasteiger charge is -2.23. The molecule has 0 aliphatic heterocycles.